The number of alkyl halides is 1. The number of nitrogens with one attached hydrogen (secondary N) is 2. The van der Waals surface area contributed by atoms with E-state index in [-0.39, 0.29) is 11.8 Å². The summed E-state index contributed by atoms with van der Waals surface area (Å²) in [5.41, 5.74) is 4.46. The molecule has 0 atom stereocenters. The zero-order valence-corrected chi connectivity index (χ0v) is 7.78. The first-order valence-electron chi connectivity index (χ1n) is 3.78. The first kappa shape index (κ1) is 11.2. The van der Waals surface area contributed by atoms with Crippen LogP contribution in [0.4, 0.5) is 0 Å². The predicted octanol–water partition coefficient (Wildman–Crippen LogP) is 0.563. The van der Waals surface area contributed by atoms with Crippen molar-refractivity contribution >= 4 is 23.4 Å². The highest BCUT2D eigenvalue weighted by molar-refractivity contribution is 6.17. The van der Waals surface area contributed by atoms with Gasteiger partial charge < -0.3 is 0 Å². The van der Waals surface area contributed by atoms with Crippen LogP contribution in [-0.2, 0) is 9.59 Å². The number of hydrogen-bond donors (Lipinski definition) is 2. The number of carbonyl (C=O) groups excluding carboxylic acids is 2. The maximum atomic E-state index is 10.9. The number of halogens is 1. The first-order valence-corrected chi connectivity index (χ1v) is 4.31. The molecule has 0 aliphatic carbocycles. The van der Waals surface area contributed by atoms with Gasteiger partial charge in [-0.05, 0) is 12.8 Å². The Hall–Kier alpha value is -0.770. The number of hydrazine groups is 1. The molecule has 0 aliphatic heterocycles. The van der Waals surface area contributed by atoms with E-state index in [4.69, 9.17) is 11.6 Å². The lowest BCUT2D eigenvalue weighted by Gasteiger charge is -2.03. The third-order valence-corrected chi connectivity index (χ3v) is 1.43. The van der Waals surface area contributed by atoms with E-state index < -0.39 is 0 Å². The van der Waals surface area contributed by atoms with Crippen LogP contribution in [-0.4, -0.2) is 17.7 Å². The predicted molar refractivity (Wildman–Crippen MR) is 46.5 cm³/mol. The van der Waals surface area contributed by atoms with Crippen molar-refractivity contribution in [3.8, 4) is 0 Å². The van der Waals surface area contributed by atoms with Gasteiger partial charge in [0.2, 0.25) is 11.8 Å². The average Bonchev–Trinajstić information content (AvgIpc) is 2.01. The summed E-state index contributed by atoms with van der Waals surface area (Å²) in [7, 11) is 0. The number of unbranched alkanes of at least 4 members (excludes halogenated alkanes) is 1. The van der Waals surface area contributed by atoms with E-state index in [1.807, 2.05) is 0 Å². The Kier molecular flexibility index (Phi) is 6.47. The quantitative estimate of drug-likeness (QED) is 0.389. The van der Waals surface area contributed by atoms with Gasteiger partial charge in [0.05, 0.1) is 0 Å². The molecule has 0 spiro atoms. The molecule has 0 saturated heterocycles. The van der Waals surface area contributed by atoms with Crippen LogP contribution in [0.2, 0.25) is 0 Å². The van der Waals surface area contributed by atoms with Crippen LogP contribution in [0, 0.1) is 0 Å². The van der Waals surface area contributed by atoms with Gasteiger partial charge in [0.1, 0.15) is 0 Å². The lowest BCUT2D eigenvalue weighted by atomic mass is 10.2. The molecule has 0 saturated carbocycles. The minimum Gasteiger partial charge on any atom is -0.274 e. The number of amides is 2. The molecule has 0 aromatic rings. The van der Waals surface area contributed by atoms with Crippen LogP contribution >= 0.6 is 11.6 Å². The van der Waals surface area contributed by atoms with Crippen molar-refractivity contribution in [2.45, 2.75) is 26.2 Å². The minimum absolute atomic E-state index is 0.185. The van der Waals surface area contributed by atoms with E-state index in [0.717, 1.165) is 12.8 Å². The monoisotopic (exact) mass is 192 g/mol. The van der Waals surface area contributed by atoms with E-state index in [0.29, 0.717) is 12.3 Å². The van der Waals surface area contributed by atoms with Crippen LogP contribution in [0.15, 0.2) is 0 Å². The highest BCUT2D eigenvalue weighted by Crippen LogP contribution is 1.95. The van der Waals surface area contributed by atoms with Gasteiger partial charge in [-0.25, -0.2) is 0 Å². The Bertz CT molecular complexity index is 161. The number of rotatable bonds is 4. The van der Waals surface area contributed by atoms with E-state index >= 15 is 0 Å². The van der Waals surface area contributed by atoms with Gasteiger partial charge in [-0.15, -0.1) is 11.6 Å². The van der Waals surface area contributed by atoms with Crippen molar-refractivity contribution in [2.24, 2.45) is 0 Å². The highest BCUT2D eigenvalue weighted by atomic mass is 35.5. The topological polar surface area (TPSA) is 58.2 Å². The molecular weight excluding hydrogens is 180 g/mol. The summed E-state index contributed by atoms with van der Waals surface area (Å²) in [5.74, 6) is 0.101. The zero-order valence-electron chi connectivity index (χ0n) is 7.02. The van der Waals surface area contributed by atoms with Gasteiger partial charge in [0.15, 0.2) is 0 Å². The van der Waals surface area contributed by atoms with Crippen molar-refractivity contribution in [3.63, 3.8) is 0 Å². The molecule has 12 heavy (non-hydrogen) atoms. The van der Waals surface area contributed by atoms with E-state index in [9.17, 15) is 9.59 Å². The third-order valence-electron chi connectivity index (χ3n) is 1.17. The fourth-order valence-electron chi connectivity index (χ4n) is 0.600. The molecule has 0 radical (unpaired) electrons. The second kappa shape index (κ2) is 6.91. The Morgan fingerprint density at radius 1 is 1.25 bits per heavy atom. The van der Waals surface area contributed by atoms with Gasteiger partial charge in [-0.3, -0.25) is 20.4 Å². The maximum absolute atomic E-state index is 10.9. The van der Waals surface area contributed by atoms with Gasteiger partial charge in [0.25, 0.3) is 0 Å². The van der Waals surface area contributed by atoms with Crippen LogP contribution < -0.4 is 10.9 Å². The van der Waals surface area contributed by atoms with Crippen molar-refractivity contribution in [1.82, 2.24) is 10.9 Å². The number of hydrogen-bond acceptors (Lipinski definition) is 2. The molecule has 0 unspecified atom stereocenters. The van der Waals surface area contributed by atoms with Gasteiger partial charge in [-0.2, -0.15) is 0 Å². The molecule has 5 heteroatoms. The summed E-state index contributed by atoms with van der Waals surface area (Å²) in [4.78, 5) is 21.2. The van der Waals surface area contributed by atoms with Crippen LogP contribution in [0.1, 0.15) is 26.2 Å². The molecule has 0 heterocycles. The number of carbonyl (C=O) groups is 2. The van der Waals surface area contributed by atoms with Crippen molar-refractivity contribution < 1.29 is 9.59 Å². The molecule has 4 nitrogen and oxygen atoms in total. The largest absolute Gasteiger partial charge is 0.274 e. The molecule has 0 bridgehead atoms. The molecule has 2 amide bonds. The summed E-state index contributed by atoms with van der Waals surface area (Å²) in [6, 6.07) is 0. The van der Waals surface area contributed by atoms with E-state index in [2.05, 4.69) is 10.9 Å². The summed E-state index contributed by atoms with van der Waals surface area (Å²) in [6.45, 7) is 1.33. The zero-order chi connectivity index (χ0) is 9.40. The van der Waals surface area contributed by atoms with Gasteiger partial charge in [0, 0.05) is 19.2 Å². The molecule has 0 aliphatic rings. The molecule has 0 aromatic carbocycles. The van der Waals surface area contributed by atoms with Crippen LogP contribution in [0.5, 0.6) is 0 Å². The highest BCUT2D eigenvalue weighted by Gasteiger charge is 1.99. The molecule has 0 fully saturated rings. The Balaban J connectivity index is 3.28. The summed E-state index contributed by atoms with van der Waals surface area (Å²) < 4.78 is 0. The molecular formula is C7H13ClN2O2. The van der Waals surface area contributed by atoms with Gasteiger partial charge >= 0.3 is 0 Å². The Morgan fingerprint density at radius 2 is 1.92 bits per heavy atom. The van der Waals surface area contributed by atoms with Crippen molar-refractivity contribution in [1.29, 1.82) is 0 Å². The Labute approximate surface area is 76.6 Å². The minimum atomic E-state index is -0.277. The van der Waals surface area contributed by atoms with Crippen LogP contribution in [0.25, 0.3) is 0 Å². The summed E-state index contributed by atoms with van der Waals surface area (Å²) in [6.07, 6.45) is 1.96. The summed E-state index contributed by atoms with van der Waals surface area (Å²) in [5, 5.41) is 0. The lowest BCUT2D eigenvalue weighted by molar-refractivity contribution is -0.127. The summed E-state index contributed by atoms with van der Waals surface area (Å²) >= 11 is 5.41. The van der Waals surface area contributed by atoms with E-state index in [1.165, 1.54) is 6.92 Å². The SMILES string of the molecule is CC(=O)NNC(=O)CCCCCl. The maximum Gasteiger partial charge on any atom is 0.238 e. The normalized spacial score (nSPS) is 9.17. The fraction of sp³-hybridized carbons (Fsp3) is 0.714. The second-order valence-corrected chi connectivity index (χ2v) is 2.75. The first-order chi connectivity index (χ1) is 5.66. The molecule has 70 valence electrons. The van der Waals surface area contributed by atoms with Crippen molar-refractivity contribution in [3.05, 3.63) is 0 Å². The standard InChI is InChI=1S/C7H13ClN2O2/c1-6(11)9-10-7(12)4-2-3-5-8/h2-5H2,1H3,(H,9,11)(H,10,12). The van der Waals surface area contributed by atoms with Crippen molar-refractivity contribution in [2.75, 3.05) is 5.88 Å². The molecule has 2 N–H and O–H groups in total. The fourth-order valence-corrected chi connectivity index (χ4v) is 0.789. The second-order valence-electron chi connectivity index (χ2n) is 2.38. The molecule has 0 rings (SSSR count). The van der Waals surface area contributed by atoms with Crippen LogP contribution in [0.3, 0.4) is 0 Å². The smallest absolute Gasteiger partial charge is 0.238 e. The third kappa shape index (κ3) is 7.34. The Morgan fingerprint density at radius 3 is 2.42 bits per heavy atom. The average molecular weight is 193 g/mol. The van der Waals surface area contributed by atoms with Gasteiger partial charge in [-0.1, -0.05) is 0 Å². The molecule has 0 aromatic heterocycles. The van der Waals surface area contributed by atoms with E-state index in [1.54, 1.807) is 0 Å². The lowest BCUT2D eigenvalue weighted by Crippen LogP contribution is -2.40.